The monoisotopic (exact) mass is 369 g/mol. The van der Waals surface area contributed by atoms with Crippen molar-refractivity contribution in [2.45, 2.75) is 48.0 Å². The average Bonchev–Trinajstić information content (AvgIpc) is 3.10. The van der Waals surface area contributed by atoms with Crippen LogP contribution in [0.1, 0.15) is 12.8 Å². The van der Waals surface area contributed by atoms with Crippen LogP contribution in [0.25, 0.3) is 0 Å². The summed E-state index contributed by atoms with van der Waals surface area (Å²) in [6.07, 6.45) is 0.166. The van der Waals surface area contributed by atoms with Gasteiger partial charge in [-0.25, -0.2) is 0 Å². The summed E-state index contributed by atoms with van der Waals surface area (Å²) in [5.41, 5.74) is 0. The molecule has 0 saturated heterocycles. The van der Waals surface area contributed by atoms with Crippen LogP contribution in [0.4, 0.5) is 43.9 Å². The molecule has 0 bridgehead atoms. The van der Waals surface area contributed by atoms with Gasteiger partial charge >= 0.3 is 29.1 Å². The molecule has 1 saturated carbocycles. The zero-order valence-corrected chi connectivity index (χ0v) is 10.8. The van der Waals surface area contributed by atoms with Crippen molar-refractivity contribution in [1.29, 1.82) is 0 Å². The summed E-state index contributed by atoms with van der Waals surface area (Å²) >= 11 is 3.60. The second-order valence-corrected chi connectivity index (χ2v) is 5.02. The van der Waals surface area contributed by atoms with Crippen molar-refractivity contribution in [3.8, 4) is 0 Å². The summed E-state index contributed by atoms with van der Waals surface area (Å²) < 4.78 is 128. The number of hydrogen-bond acceptors (Lipinski definition) is 1. The Bertz CT molecular complexity index is 456. The lowest BCUT2D eigenvalue weighted by atomic mass is 9.98. The zero-order valence-electron chi connectivity index (χ0n) is 10.1. The molecule has 1 aliphatic carbocycles. The van der Waals surface area contributed by atoms with E-state index in [0.717, 1.165) is 0 Å². The number of carbonyl (C=O) groups is 1. The largest absolute Gasteiger partial charge is 0.393 e. The van der Waals surface area contributed by atoms with Crippen molar-refractivity contribution in [3.05, 3.63) is 0 Å². The van der Waals surface area contributed by atoms with Crippen molar-refractivity contribution in [2.75, 3.05) is 0 Å². The lowest BCUT2D eigenvalue weighted by Gasteiger charge is -2.37. The van der Waals surface area contributed by atoms with Gasteiger partial charge in [-0.15, -0.1) is 0 Å². The van der Waals surface area contributed by atoms with Crippen LogP contribution in [0.5, 0.6) is 0 Å². The fourth-order valence-corrected chi connectivity index (χ4v) is 1.34. The quantitative estimate of drug-likeness (QED) is 0.562. The van der Waals surface area contributed by atoms with Crippen molar-refractivity contribution >= 4 is 17.5 Å². The van der Waals surface area contributed by atoms with Gasteiger partial charge in [-0.1, -0.05) is 0 Å². The van der Waals surface area contributed by atoms with E-state index in [4.69, 9.17) is 0 Å². The highest BCUT2D eigenvalue weighted by molar-refractivity contribution is 6.22. The minimum Gasteiger partial charge on any atom is -0.348 e. The maximum Gasteiger partial charge on any atom is 0.393 e. The zero-order chi connectivity index (χ0) is 17.8. The summed E-state index contributed by atoms with van der Waals surface area (Å²) in [5.74, 6) is -30.8. The standard InChI is InChI=1S/C9H6ClF10NO/c10-9(19,20)8(17,18)7(15,16)6(13,14)5(11,12)4(22)21-3-1-2-3/h3H,1-2H2,(H,21,22). The highest BCUT2D eigenvalue weighted by Crippen LogP contribution is 2.57. The van der Waals surface area contributed by atoms with Crippen LogP contribution in [0, 0.1) is 0 Å². The normalized spacial score (nSPS) is 18.3. The predicted octanol–water partition coefficient (Wildman–Crippen LogP) is 3.64. The van der Waals surface area contributed by atoms with Gasteiger partial charge in [-0.05, 0) is 24.4 Å². The third-order valence-electron chi connectivity index (χ3n) is 2.74. The van der Waals surface area contributed by atoms with E-state index in [2.05, 4.69) is 11.6 Å². The average molecular weight is 370 g/mol. The molecule has 0 spiro atoms. The van der Waals surface area contributed by atoms with Gasteiger partial charge in [-0.2, -0.15) is 43.9 Å². The van der Waals surface area contributed by atoms with E-state index in [0.29, 0.717) is 0 Å². The van der Waals surface area contributed by atoms with Gasteiger partial charge in [0.1, 0.15) is 0 Å². The first kappa shape index (κ1) is 19.1. The number of hydrogen-bond donors (Lipinski definition) is 1. The molecule has 0 unspecified atom stereocenters. The molecule has 1 amide bonds. The Morgan fingerprint density at radius 1 is 0.818 bits per heavy atom. The van der Waals surface area contributed by atoms with E-state index in [9.17, 15) is 48.7 Å². The Morgan fingerprint density at radius 2 is 1.23 bits per heavy atom. The number of carbonyl (C=O) groups excluding carboxylic acids is 1. The first-order valence-electron chi connectivity index (χ1n) is 5.39. The molecule has 1 fully saturated rings. The minimum absolute atomic E-state index is 0.0830. The molecule has 0 heterocycles. The molecular formula is C9H6ClF10NO. The molecule has 22 heavy (non-hydrogen) atoms. The summed E-state index contributed by atoms with van der Waals surface area (Å²) in [7, 11) is 0. The van der Waals surface area contributed by atoms with Crippen LogP contribution in [0.3, 0.4) is 0 Å². The number of nitrogens with one attached hydrogen (secondary N) is 1. The maximum absolute atomic E-state index is 13.1. The predicted molar refractivity (Wildman–Crippen MR) is 51.8 cm³/mol. The van der Waals surface area contributed by atoms with E-state index >= 15 is 0 Å². The fraction of sp³-hybridized carbons (Fsp3) is 0.889. The minimum atomic E-state index is -7.31. The van der Waals surface area contributed by atoms with Gasteiger partial charge < -0.3 is 5.32 Å². The molecule has 13 heteroatoms. The molecule has 1 aliphatic rings. The lowest BCUT2D eigenvalue weighted by Crippen LogP contribution is -2.69. The van der Waals surface area contributed by atoms with Gasteiger partial charge in [0, 0.05) is 6.04 Å². The second-order valence-electron chi connectivity index (χ2n) is 4.54. The number of rotatable bonds is 6. The Labute approximate surface area is 120 Å². The Kier molecular flexibility index (Phi) is 4.37. The van der Waals surface area contributed by atoms with E-state index in [-0.39, 0.29) is 12.8 Å². The molecule has 0 atom stereocenters. The molecule has 0 radical (unpaired) electrons. The van der Waals surface area contributed by atoms with Crippen LogP contribution in [-0.2, 0) is 4.79 Å². The van der Waals surface area contributed by atoms with E-state index in [1.165, 1.54) is 5.32 Å². The van der Waals surface area contributed by atoms with E-state index < -0.39 is 41.0 Å². The Balaban J connectivity index is 3.21. The van der Waals surface area contributed by atoms with Crippen LogP contribution in [0.2, 0.25) is 0 Å². The fourth-order valence-electron chi connectivity index (χ4n) is 1.22. The third-order valence-corrected chi connectivity index (χ3v) is 2.97. The molecule has 0 aromatic carbocycles. The van der Waals surface area contributed by atoms with E-state index in [1.54, 1.807) is 0 Å². The van der Waals surface area contributed by atoms with E-state index in [1.807, 2.05) is 0 Å². The van der Waals surface area contributed by atoms with Gasteiger partial charge in [-0.3, -0.25) is 4.79 Å². The molecular weight excluding hydrogens is 364 g/mol. The molecule has 2 nitrogen and oxygen atoms in total. The van der Waals surface area contributed by atoms with Crippen LogP contribution < -0.4 is 5.32 Å². The van der Waals surface area contributed by atoms with Gasteiger partial charge in [0.15, 0.2) is 0 Å². The topological polar surface area (TPSA) is 29.1 Å². The smallest absolute Gasteiger partial charge is 0.348 e. The SMILES string of the molecule is O=C(NC1CC1)C(F)(F)C(F)(F)C(F)(F)C(F)(F)C(F)(F)Cl. The summed E-state index contributed by atoms with van der Waals surface area (Å²) in [6, 6.07) is -1.00. The maximum atomic E-state index is 13.1. The van der Waals surface area contributed by atoms with Gasteiger partial charge in [0.05, 0.1) is 0 Å². The summed E-state index contributed by atoms with van der Waals surface area (Å²) in [5, 5.41) is -5.07. The van der Waals surface area contributed by atoms with Crippen LogP contribution in [-0.4, -0.2) is 41.0 Å². The summed E-state index contributed by atoms with van der Waals surface area (Å²) in [4.78, 5) is 10.8. The number of amides is 1. The molecule has 0 aromatic rings. The molecule has 1 rings (SSSR count). The first-order valence-corrected chi connectivity index (χ1v) is 5.77. The Hall–Kier alpha value is -0.940. The number of halogens is 11. The number of alkyl halides is 11. The first-order chi connectivity index (χ1) is 9.50. The van der Waals surface area contributed by atoms with Crippen molar-refractivity contribution < 1.29 is 48.7 Å². The summed E-state index contributed by atoms with van der Waals surface area (Å²) in [6.45, 7) is 0. The van der Waals surface area contributed by atoms with Crippen molar-refractivity contribution in [3.63, 3.8) is 0 Å². The van der Waals surface area contributed by atoms with Crippen molar-refractivity contribution in [1.82, 2.24) is 5.32 Å². The molecule has 0 aliphatic heterocycles. The van der Waals surface area contributed by atoms with Gasteiger partial charge in [0.2, 0.25) is 0 Å². The molecule has 0 aromatic heterocycles. The lowest BCUT2D eigenvalue weighted by molar-refractivity contribution is -0.382. The highest BCUT2D eigenvalue weighted by atomic mass is 35.5. The molecule has 130 valence electrons. The highest BCUT2D eigenvalue weighted by Gasteiger charge is 2.87. The van der Waals surface area contributed by atoms with Crippen LogP contribution in [0.15, 0.2) is 0 Å². The van der Waals surface area contributed by atoms with Crippen LogP contribution >= 0.6 is 11.6 Å². The Morgan fingerprint density at radius 3 is 1.55 bits per heavy atom. The third kappa shape index (κ3) is 2.69. The molecule has 1 N–H and O–H groups in total. The second kappa shape index (κ2) is 5.03. The van der Waals surface area contributed by atoms with Crippen molar-refractivity contribution in [2.24, 2.45) is 0 Å². The van der Waals surface area contributed by atoms with Gasteiger partial charge in [0.25, 0.3) is 5.91 Å².